The summed E-state index contributed by atoms with van der Waals surface area (Å²) in [6.45, 7) is 13.1. The zero-order chi connectivity index (χ0) is 12.1. The van der Waals surface area contributed by atoms with Crippen molar-refractivity contribution in [1.82, 2.24) is 5.32 Å². The van der Waals surface area contributed by atoms with Crippen LogP contribution in [-0.2, 0) is 0 Å². The second-order valence-corrected chi connectivity index (χ2v) is 6.43. The Hall–Kier alpha value is -0.0400. The molecule has 1 heteroatoms. The predicted octanol–water partition coefficient (Wildman–Crippen LogP) is 4.08. The zero-order valence-electron chi connectivity index (χ0n) is 11.9. The van der Waals surface area contributed by atoms with Gasteiger partial charge < -0.3 is 5.32 Å². The Kier molecular flexibility index (Phi) is 5.82. The molecule has 0 aliphatic heterocycles. The van der Waals surface area contributed by atoms with Crippen molar-refractivity contribution >= 4 is 0 Å². The van der Waals surface area contributed by atoms with E-state index < -0.39 is 0 Å². The summed E-state index contributed by atoms with van der Waals surface area (Å²) in [5.41, 5.74) is 0. The number of rotatable bonds is 5. The highest BCUT2D eigenvalue weighted by Crippen LogP contribution is 2.25. The first kappa shape index (κ1) is 14.0. The van der Waals surface area contributed by atoms with Crippen LogP contribution in [0, 0.1) is 23.7 Å². The van der Waals surface area contributed by atoms with E-state index in [-0.39, 0.29) is 0 Å². The summed E-state index contributed by atoms with van der Waals surface area (Å²) in [7, 11) is 0. The molecule has 96 valence electrons. The van der Waals surface area contributed by atoms with Gasteiger partial charge in [0.05, 0.1) is 0 Å². The van der Waals surface area contributed by atoms with E-state index in [1.54, 1.807) is 0 Å². The zero-order valence-corrected chi connectivity index (χ0v) is 11.9. The molecular weight excluding hydrogens is 194 g/mol. The number of hydrogen-bond acceptors (Lipinski definition) is 1. The Bertz CT molecular complexity index is 178. The summed E-state index contributed by atoms with van der Waals surface area (Å²) in [6.07, 6.45) is 5.68. The third kappa shape index (κ3) is 4.08. The summed E-state index contributed by atoms with van der Waals surface area (Å²) >= 11 is 0. The molecule has 0 bridgehead atoms. The minimum atomic E-state index is 0.786. The van der Waals surface area contributed by atoms with Crippen LogP contribution in [0.15, 0.2) is 0 Å². The second kappa shape index (κ2) is 6.64. The SMILES string of the molecule is CC(C)C(CNC1CCCCC1C)C(C)C. The second-order valence-electron chi connectivity index (χ2n) is 6.43. The van der Waals surface area contributed by atoms with Crippen LogP contribution in [0.3, 0.4) is 0 Å². The average Bonchev–Trinajstić information content (AvgIpc) is 2.20. The predicted molar refractivity (Wildman–Crippen MR) is 72.6 cm³/mol. The maximum atomic E-state index is 3.83. The molecule has 0 aromatic rings. The van der Waals surface area contributed by atoms with Crippen LogP contribution in [0.2, 0.25) is 0 Å². The molecule has 1 aliphatic rings. The van der Waals surface area contributed by atoms with Gasteiger partial charge in [0.2, 0.25) is 0 Å². The first-order valence-electron chi connectivity index (χ1n) is 7.25. The van der Waals surface area contributed by atoms with Crippen molar-refractivity contribution in [3.05, 3.63) is 0 Å². The molecule has 2 atom stereocenters. The molecule has 1 saturated carbocycles. The van der Waals surface area contributed by atoms with Gasteiger partial charge in [-0.15, -0.1) is 0 Å². The Morgan fingerprint density at radius 2 is 1.56 bits per heavy atom. The van der Waals surface area contributed by atoms with E-state index >= 15 is 0 Å². The van der Waals surface area contributed by atoms with Crippen LogP contribution < -0.4 is 5.32 Å². The van der Waals surface area contributed by atoms with E-state index in [1.165, 1.54) is 32.2 Å². The van der Waals surface area contributed by atoms with Crippen molar-refractivity contribution in [3.63, 3.8) is 0 Å². The molecule has 1 rings (SSSR count). The van der Waals surface area contributed by atoms with Gasteiger partial charge in [-0.25, -0.2) is 0 Å². The summed E-state index contributed by atoms with van der Waals surface area (Å²) < 4.78 is 0. The molecule has 0 amide bonds. The van der Waals surface area contributed by atoms with Crippen molar-refractivity contribution in [3.8, 4) is 0 Å². The van der Waals surface area contributed by atoms with Gasteiger partial charge in [0, 0.05) is 6.04 Å². The molecule has 1 nitrogen and oxygen atoms in total. The fourth-order valence-electron chi connectivity index (χ4n) is 3.15. The van der Waals surface area contributed by atoms with E-state index in [9.17, 15) is 0 Å². The summed E-state index contributed by atoms with van der Waals surface area (Å²) in [5, 5.41) is 3.83. The standard InChI is InChI=1S/C15H31N/c1-11(2)14(12(3)4)10-16-15-9-7-6-8-13(15)5/h11-16H,6-10H2,1-5H3. The van der Waals surface area contributed by atoms with Crippen LogP contribution in [0.4, 0.5) is 0 Å². The van der Waals surface area contributed by atoms with Crippen LogP contribution in [0.25, 0.3) is 0 Å². The summed E-state index contributed by atoms with van der Waals surface area (Å²) in [4.78, 5) is 0. The fourth-order valence-corrected chi connectivity index (χ4v) is 3.15. The summed E-state index contributed by atoms with van der Waals surface area (Å²) in [6, 6.07) is 0.786. The Morgan fingerprint density at radius 3 is 2.06 bits per heavy atom. The first-order valence-corrected chi connectivity index (χ1v) is 7.25. The minimum absolute atomic E-state index is 0.786. The lowest BCUT2D eigenvalue weighted by Gasteiger charge is -2.33. The van der Waals surface area contributed by atoms with Gasteiger partial charge >= 0.3 is 0 Å². The average molecular weight is 225 g/mol. The van der Waals surface area contributed by atoms with Crippen molar-refractivity contribution < 1.29 is 0 Å². The van der Waals surface area contributed by atoms with Crippen molar-refractivity contribution in [2.24, 2.45) is 23.7 Å². The van der Waals surface area contributed by atoms with Crippen molar-refractivity contribution in [2.45, 2.75) is 66.3 Å². The third-order valence-electron chi connectivity index (χ3n) is 4.44. The van der Waals surface area contributed by atoms with Gasteiger partial charge in [-0.1, -0.05) is 47.5 Å². The molecule has 0 spiro atoms. The molecule has 2 unspecified atom stereocenters. The molecule has 1 N–H and O–H groups in total. The molecule has 0 heterocycles. The van der Waals surface area contributed by atoms with Crippen LogP contribution in [-0.4, -0.2) is 12.6 Å². The van der Waals surface area contributed by atoms with Gasteiger partial charge in [-0.3, -0.25) is 0 Å². The smallest absolute Gasteiger partial charge is 0.00928 e. The van der Waals surface area contributed by atoms with Crippen LogP contribution >= 0.6 is 0 Å². The molecule has 16 heavy (non-hydrogen) atoms. The minimum Gasteiger partial charge on any atom is -0.313 e. The van der Waals surface area contributed by atoms with Gasteiger partial charge in [-0.05, 0) is 43.1 Å². The van der Waals surface area contributed by atoms with Crippen LogP contribution in [0.5, 0.6) is 0 Å². The number of hydrogen-bond donors (Lipinski definition) is 1. The first-order chi connectivity index (χ1) is 7.52. The molecule has 0 aromatic heterocycles. The molecular formula is C15H31N. The topological polar surface area (TPSA) is 12.0 Å². The Labute approximate surface area is 102 Å². The lowest BCUT2D eigenvalue weighted by Crippen LogP contribution is -2.41. The largest absolute Gasteiger partial charge is 0.313 e. The van der Waals surface area contributed by atoms with Crippen LogP contribution in [0.1, 0.15) is 60.3 Å². The highest BCUT2D eigenvalue weighted by molar-refractivity contribution is 4.80. The fraction of sp³-hybridized carbons (Fsp3) is 1.00. The molecule has 0 saturated heterocycles. The number of nitrogens with one attached hydrogen (secondary N) is 1. The van der Waals surface area contributed by atoms with Gasteiger partial charge in [0.15, 0.2) is 0 Å². The normalized spacial score (nSPS) is 27.0. The molecule has 0 aromatic carbocycles. The lowest BCUT2D eigenvalue weighted by molar-refractivity contribution is 0.223. The van der Waals surface area contributed by atoms with Gasteiger partial charge in [-0.2, -0.15) is 0 Å². The van der Waals surface area contributed by atoms with Gasteiger partial charge in [0.1, 0.15) is 0 Å². The summed E-state index contributed by atoms with van der Waals surface area (Å²) in [5.74, 6) is 3.31. The van der Waals surface area contributed by atoms with E-state index in [0.29, 0.717) is 0 Å². The van der Waals surface area contributed by atoms with Gasteiger partial charge in [0.25, 0.3) is 0 Å². The maximum Gasteiger partial charge on any atom is 0.00928 e. The molecule has 0 radical (unpaired) electrons. The highest BCUT2D eigenvalue weighted by Gasteiger charge is 2.23. The van der Waals surface area contributed by atoms with E-state index in [0.717, 1.165) is 29.7 Å². The van der Waals surface area contributed by atoms with E-state index in [4.69, 9.17) is 0 Å². The molecule has 1 fully saturated rings. The Morgan fingerprint density at radius 1 is 1.00 bits per heavy atom. The maximum absolute atomic E-state index is 3.83. The van der Waals surface area contributed by atoms with Crippen molar-refractivity contribution in [1.29, 1.82) is 0 Å². The van der Waals surface area contributed by atoms with Crippen molar-refractivity contribution in [2.75, 3.05) is 6.54 Å². The quantitative estimate of drug-likeness (QED) is 0.743. The van der Waals surface area contributed by atoms with E-state index in [2.05, 4.69) is 39.9 Å². The highest BCUT2D eigenvalue weighted by atomic mass is 14.9. The van der Waals surface area contributed by atoms with E-state index in [1.807, 2.05) is 0 Å². The monoisotopic (exact) mass is 225 g/mol. The lowest BCUT2D eigenvalue weighted by atomic mass is 9.83. The molecule has 1 aliphatic carbocycles. The third-order valence-corrected chi connectivity index (χ3v) is 4.44. The Balaban J connectivity index is 2.36.